The summed E-state index contributed by atoms with van der Waals surface area (Å²) in [5.41, 5.74) is 0.669. The molecule has 0 aliphatic carbocycles. The van der Waals surface area contributed by atoms with Gasteiger partial charge in [-0.05, 0) is 13.0 Å². The smallest absolute Gasteiger partial charge is 0.205 e. The van der Waals surface area contributed by atoms with E-state index in [4.69, 9.17) is 0 Å². The molecule has 0 aromatic heterocycles. The van der Waals surface area contributed by atoms with E-state index in [1.165, 1.54) is 0 Å². The first-order valence-electron chi connectivity index (χ1n) is 3.08. The van der Waals surface area contributed by atoms with Gasteiger partial charge in [0.15, 0.2) is 0 Å². The van der Waals surface area contributed by atoms with Gasteiger partial charge in [0, 0.05) is 6.42 Å². The molecule has 0 saturated heterocycles. The maximum absolute atomic E-state index is 10.7. The molecule has 0 radical (unpaired) electrons. The lowest BCUT2D eigenvalue weighted by molar-refractivity contribution is 0.600. The average molecular weight is 159 g/mol. The molecule has 0 atom stereocenters. The van der Waals surface area contributed by atoms with Crippen molar-refractivity contribution in [3.63, 3.8) is 0 Å². The normalized spacial score (nSPS) is 23.5. The van der Waals surface area contributed by atoms with E-state index in [0.29, 0.717) is 12.1 Å². The second kappa shape index (κ2) is 2.54. The molecule has 1 heterocycles. The van der Waals surface area contributed by atoms with Crippen LogP contribution in [0.3, 0.4) is 0 Å². The Kier molecular flexibility index (Phi) is 1.89. The topological polar surface area (TPSA) is 46.5 Å². The SMILES string of the molecule is C/C=C/C1=NS(=O)(=O)CC1. The highest BCUT2D eigenvalue weighted by atomic mass is 32.2. The summed E-state index contributed by atoms with van der Waals surface area (Å²) in [5.74, 6) is 0.173. The maximum Gasteiger partial charge on any atom is 0.253 e. The lowest BCUT2D eigenvalue weighted by atomic mass is 10.3. The minimum absolute atomic E-state index is 0.173. The number of hydrogen-bond donors (Lipinski definition) is 0. The predicted molar refractivity (Wildman–Crippen MR) is 40.7 cm³/mol. The summed E-state index contributed by atoms with van der Waals surface area (Å²) < 4.78 is 24.9. The zero-order chi connectivity index (χ0) is 7.61. The van der Waals surface area contributed by atoms with Crippen molar-refractivity contribution in [2.24, 2.45) is 4.40 Å². The second-order valence-corrected chi connectivity index (χ2v) is 3.87. The Balaban J connectivity index is 2.86. The van der Waals surface area contributed by atoms with Crippen LogP contribution in [-0.4, -0.2) is 19.9 Å². The first-order chi connectivity index (χ1) is 4.64. The molecule has 0 amide bonds. The van der Waals surface area contributed by atoms with Crippen LogP contribution in [0.15, 0.2) is 16.5 Å². The Labute approximate surface area is 60.5 Å². The summed E-state index contributed by atoms with van der Waals surface area (Å²) in [6.07, 6.45) is 4.08. The molecule has 0 N–H and O–H groups in total. The molecule has 1 aliphatic heterocycles. The largest absolute Gasteiger partial charge is 0.253 e. The van der Waals surface area contributed by atoms with Crippen molar-refractivity contribution in [1.29, 1.82) is 0 Å². The zero-order valence-electron chi connectivity index (χ0n) is 5.74. The van der Waals surface area contributed by atoms with E-state index >= 15 is 0 Å². The van der Waals surface area contributed by atoms with E-state index in [1.54, 1.807) is 12.2 Å². The first kappa shape index (κ1) is 7.47. The molecule has 0 saturated carbocycles. The van der Waals surface area contributed by atoms with Crippen LogP contribution in [0.2, 0.25) is 0 Å². The fraction of sp³-hybridized carbons (Fsp3) is 0.500. The van der Waals surface area contributed by atoms with Crippen LogP contribution in [0.1, 0.15) is 13.3 Å². The summed E-state index contributed by atoms with van der Waals surface area (Å²) >= 11 is 0. The zero-order valence-corrected chi connectivity index (χ0v) is 6.56. The Morgan fingerprint density at radius 2 is 2.30 bits per heavy atom. The summed E-state index contributed by atoms with van der Waals surface area (Å²) in [5, 5.41) is 0. The van der Waals surface area contributed by atoms with E-state index in [0.717, 1.165) is 0 Å². The van der Waals surface area contributed by atoms with Crippen molar-refractivity contribution >= 4 is 15.7 Å². The molecule has 0 unspecified atom stereocenters. The molecule has 56 valence electrons. The van der Waals surface area contributed by atoms with Gasteiger partial charge in [0.2, 0.25) is 0 Å². The minimum Gasteiger partial charge on any atom is -0.205 e. The fourth-order valence-electron chi connectivity index (χ4n) is 0.810. The van der Waals surface area contributed by atoms with Crippen LogP contribution in [-0.2, 0) is 10.0 Å². The van der Waals surface area contributed by atoms with Gasteiger partial charge >= 0.3 is 0 Å². The van der Waals surface area contributed by atoms with E-state index < -0.39 is 10.0 Å². The van der Waals surface area contributed by atoms with E-state index in [-0.39, 0.29) is 5.75 Å². The Bertz CT molecular complexity index is 274. The van der Waals surface area contributed by atoms with Crippen LogP contribution < -0.4 is 0 Å². The van der Waals surface area contributed by atoms with Crippen LogP contribution in [0.25, 0.3) is 0 Å². The lowest BCUT2D eigenvalue weighted by Crippen LogP contribution is -1.93. The molecule has 0 spiro atoms. The lowest BCUT2D eigenvalue weighted by Gasteiger charge is -1.80. The average Bonchev–Trinajstić information content (AvgIpc) is 2.12. The van der Waals surface area contributed by atoms with Crippen LogP contribution in [0, 0.1) is 0 Å². The van der Waals surface area contributed by atoms with E-state index in [1.807, 2.05) is 6.92 Å². The summed E-state index contributed by atoms with van der Waals surface area (Å²) in [6.45, 7) is 1.84. The molecule has 1 aliphatic rings. The van der Waals surface area contributed by atoms with Crippen LogP contribution >= 0.6 is 0 Å². The quantitative estimate of drug-likeness (QED) is 0.566. The molecular formula is C6H9NO2S. The number of rotatable bonds is 1. The monoisotopic (exact) mass is 159 g/mol. The molecule has 0 fully saturated rings. The third kappa shape index (κ3) is 1.67. The maximum atomic E-state index is 10.7. The molecule has 0 bridgehead atoms. The molecule has 1 rings (SSSR count). The van der Waals surface area contributed by atoms with Crippen molar-refractivity contribution in [2.45, 2.75) is 13.3 Å². The number of hydrogen-bond acceptors (Lipinski definition) is 2. The molecule has 3 nitrogen and oxygen atoms in total. The highest BCUT2D eigenvalue weighted by molar-refractivity contribution is 7.90. The van der Waals surface area contributed by atoms with Gasteiger partial charge in [-0.25, -0.2) is 8.42 Å². The Morgan fingerprint density at radius 3 is 2.70 bits per heavy atom. The fourth-order valence-corrected chi connectivity index (χ4v) is 1.88. The van der Waals surface area contributed by atoms with Crippen molar-refractivity contribution in [2.75, 3.05) is 5.75 Å². The standard InChI is InChI=1S/C6H9NO2S/c1-2-3-6-4-5-10(8,9)7-6/h2-3H,4-5H2,1H3/b3-2+. The van der Waals surface area contributed by atoms with Gasteiger partial charge in [-0.2, -0.15) is 4.40 Å². The van der Waals surface area contributed by atoms with Crippen molar-refractivity contribution < 1.29 is 8.42 Å². The summed E-state index contributed by atoms with van der Waals surface area (Å²) in [4.78, 5) is 0. The number of nitrogens with zero attached hydrogens (tertiary/aromatic N) is 1. The predicted octanol–water partition coefficient (Wildman–Crippen LogP) is 0.737. The highest BCUT2D eigenvalue weighted by Gasteiger charge is 2.17. The van der Waals surface area contributed by atoms with Crippen molar-refractivity contribution in [1.82, 2.24) is 0 Å². The van der Waals surface area contributed by atoms with Gasteiger partial charge in [-0.1, -0.05) is 6.08 Å². The third-order valence-corrected chi connectivity index (χ3v) is 2.46. The molecule has 0 aromatic carbocycles. The van der Waals surface area contributed by atoms with Crippen LogP contribution in [0.5, 0.6) is 0 Å². The summed E-state index contributed by atoms with van der Waals surface area (Å²) in [7, 11) is -3.08. The van der Waals surface area contributed by atoms with Gasteiger partial charge in [0.25, 0.3) is 10.0 Å². The van der Waals surface area contributed by atoms with Gasteiger partial charge in [-0.3, -0.25) is 0 Å². The Morgan fingerprint density at radius 1 is 1.60 bits per heavy atom. The number of sulfonamides is 1. The van der Waals surface area contributed by atoms with E-state index in [2.05, 4.69) is 4.40 Å². The van der Waals surface area contributed by atoms with Crippen molar-refractivity contribution in [3.8, 4) is 0 Å². The minimum atomic E-state index is -3.08. The molecular weight excluding hydrogens is 150 g/mol. The molecule has 0 aromatic rings. The van der Waals surface area contributed by atoms with Crippen molar-refractivity contribution in [3.05, 3.63) is 12.2 Å². The molecule has 4 heteroatoms. The first-order valence-corrected chi connectivity index (χ1v) is 4.69. The van der Waals surface area contributed by atoms with Gasteiger partial charge in [0.05, 0.1) is 11.5 Å². The van der Waals surface area contributed by atoms with E-state index in [9.17, 15) is 8.42 Å². The third-order valence-electron chi connectivity index (χ3n) is 1.23. The van der Waals surface area contributed by atoms with Gasteiger partial charge in [-0.15, -0.1) is 0 Å². The Hall–Kier alpha value is -0.640. The van der Waals surface area contributed by atoms with Crippen LogP contribution in [0.4, 0.5) is 0 Å². The second-order valence-electron chi connectivity index (χ2n) is 2.12. The highest BCUT2D eigenvalue weighted by Crippen LogP contribution is 2.08. The number of allylic oxidation sites excluding steroid dienone is 2. The van der Waals surface area contributed by atoms with Gasteiger partial charge < -0.3 is 0 Å². The molecule has 10 heavy (non-hydrogen) atoms. The summed E-state index contributed by atoms with van der Waals surface area (Å²) in [6, 6.07) is 0. The van der Waals surface area contributed by atoms with Gasteiger partial charge in [0.1, 0.15) is 0 Å².